The average molecular weight is 491 g/mol. The van der Waals surface area contributed by atoms with Gasteiger partial charge in [-0.1, -0.05) is 17.4 Å². The number of carbonyl (C=O) groups excluding carboxylic acids is 3. The molecular weight excluding hydrogens is 468 g/mol. The smallest absolute Gasteiger partial charge is 0.326 e. The van der Waals surface area contributed by atoms with E-state index in [4.69, 9.17) is 4.74 Å². The van der Waals surface area contributed by atoms with Gasteiger partial charge in [0.15, 0.2) is 0 Å². The highest BCUT2D eigenvalue weighted by Crippen LogP contribution is 2.68. The number of imide groups is 1. The van der Waals surface area contributed by atoms with Crippen LogP contribution in [0.25, 0.3) is 0 Å². The minimum atomic E-state index is -0.544. The van der Waals surface area contributed by atoms with Crippen LogP contribution >= 0.6 is 34.4 Å². The Morgan fingerprint density at radius 2 is 1.97 bits per heavy atom. The normalized spacial score (nSPS) is 34.7. The van der Waals surface area contributed by atoms with Gasteiger partial charge in [0.2, 0.25) is 11.8 Å². The number of likely N-dealkylation sites (tertiary alicyclic amines) is 1. The molecule has 7 atom stereocenters. The number of amides is 2. The van der Waals surface area contributed by atoms with E-state index in [0.29, 0.717) is 0 Å². The number of fused-ring (bicyclic) bond motifs is 9. The van der Waals surface area contributed by atoms with Crippen LogP contribution < -0.4 is 4.87 Å². The number of thiazole rings is 1. The second kappa shape index (κ2) is 7.30. The van der Waals surface area contributed by atoms with Crippen LogP contribution in [0.3, 0.4) is 0 Å². The molecule has 32 heavy (non-hydrogen) atoms. The zero-order chi connectivity index (χ0) is 22.3. The molecule has 2 amide bonds. The van der Waals surface area contributed by atoms with E-state index >= 15 is 0 Å². The first kappa shape index (κ1) is 20.7. The minimum absolute atomic E-state index is 0.0569. The molecule has 3 fully saturated rings. The summed E-state index contributed by atoms with van der Waals surface area (Å²) in [4.78, 5) is 57.4. The lowest BCUT2D eigenvalue weighted by molar-refractivity contribution is -0.155. The monoisotopic (exact) mass is 490 g/mol. The van der Waals surface area contributed by atoms with E-state index in [1.807, 2.05) is 11.4 Å². The van der Waals surface area contributed by atoms with Gasteiger partial charge in [-0.05, 0) is 49.5 Å². The zero-order valence-corrected chi connectivity index (χ0v) is 19.9. The number of hydrogen-bond acceptors (Lipinski definition) is 8. The van der Waals surface area contributed by atoms with Gasteiger partial charge in [-0.15, -0.1) is 23.1 Å². The maximum atomic E-state index is 13.4. The van der Waals surface area contributed by atoms with E-state index in [-0.39, 0.29) is 70.1 Å². The Hall–Kier alpha value is -1.91. The first-order valence-electron chi connectivity index (χ1n) is 10.8. The topological polar surface area (TPSA) is 96.5 Å². The molecule has 0 spiro atoms. The third-order valence-corrected chi connectivity index (χ3v) is 10.9. The van der Waals surface area contributed by atoms with E-state index in [2.05, 4.69) is 11.1 Å². The lowest BCUT2D eigenvalue weighted by Gasteiger charge is -2.42. The number of nitrogens with zero attached hydrogens (tertiary/aromatic N) is 1. The molecule has 1 N–H and O–H groups in total. The van der Waals surface area contributed by atoms with Gasteiger partial charge >= 0.3 is 10.8 Å². The molecule has 7 nitrogen and oxygen atoms in total. The number of thiophene rings is 1. The van der Waals surface area contributed by atoms with Gasteiger partial charge in [0, 0.05) is 20.9 Å². The van der Waals surface area contributed by atoms with Crippen LogP contribution in [0, 0.1) is 29.6 Å². The summed E-state index contributed by atoms with van der Waals surface area (Å²) < 4.78 is 5.18. The van der Waals surface area contributed by atoms with Gasteiger partial charge < -0.3 is 9.72 Å². The number of ether oxygens (including phenoxy) is 1. The molecule has 0 aromatic carbocycles. The summed E-state index contributed by atoms with van der Waals surface area (Å²) in [6, 6.07) is 4.13. The number of nitrogens with one attached hydrogen (secondary N) is 1. The highest BCUT2D eigenvalue weighted by atomic mass is 32.2. The van der Waals surface area contributed by atoms with E-state index in [9.17, 15) is 19.2 Å². The Morgan fingerprint density at radius 1 is 1.22 bits per heavy atom. The lowest BCUT2D eigenvalue weighted by atomic mass is 9.69. The van der Waals surface area contributed by atoms with Gasteiger partial charge in [-0.25, -0.2) is 0 Å². The van der Waals surface area contributed by atoms with Crippen LogP contribution in [-0.4, -0.2) is 45.6 Å². The molecule has 2 aliphatic carbocycles. The summed E-state index contributed by atoms with van der Waals surface area (Å²) in [5.41, 5.74) is 0. The molecule has 2 aromatic heterocycles. The zero-order valence-electron chi connectivity index (χ0n) is 17.5. The highest BCUT2D eigenvalue weighted by Gasteiger charge is 2.69. The maximum Gasteiger partial charge on any atom is 0.326 e. The van der Waals surface area contributed by atoms with Gasteiger partial charge in [0.05, 0.1) is 23.0 Å². The Balaban J connectivity index is 1.36. The second-order valence-corrected chi connectivity index (χ2v) is 12.5. The molecule has 0 radical (unpaired) electrons. The number of rotatable bonds is 4. The summed E-state index contributed by atoms with van der Waals surface area (Å²) in [5, 5.41) is 3.13. The van der Waals surface area contributed by atoms with Crippen molar-refractivity contribution in [1.29, 1.82) is 0 Å². The quantitative estimate of drug-likeness (QED) is 0.523. The molecule has 2 aliphatic heterocycles. The van der Waals surface area contributed by atoms with Crippen molar-refractivity contribution in [3.8, 4) is 0 Å². The number of aromatic amines is 1. The van der Waals surface area contributed by atoms with E-state index in [1.54, 1.807) is 36.9 Å². The van der Waals surface area contributed by atoms with Crippen molar-refractivity contribution in [2.45, 2.75) is 42.6 Å². The van der Waals surface area contributed by atoms with Crippen LogP contribution in [0.1, 0.15) is 35.9 Å². The molecular formula is C22H22N2O5S3. The van der Waals surface area contributed by atoms with Crippen molar-refractivity contribution in [3.05, 3.63) is 36.9 Å². The van der Waals surface area contributed by atoms with Crippen molar-refractivity contribution in [3.63, 3.8) is 0 Å². The van der Waals surface area contributed by atoms with Gasteiger partial charge in [-0.3, -0.25) is 24.1 Å². The summed E-state index contributed by atoms with van der Waals surface area (Å²) in [6.07, 6.45) is 0.554. The number of hydrogen-bond donors (Lipinski definition) is 1. The predicted molar refractivity (Wildman–Crippen MR) is 121 cm³/mol. The number of aromatic nitrogens is 1. The molecule has 4 aliphatic rings. The summed E-state index contributed by atoms with van der Waals surface area (Å²) in [7, 11) is 0. The lowest BCUT2D eigenvalue weighted by Crippen LogP contribution is -2.42. The fraction of sp³-hybridized carbons (Fsp3) is 0.545. The fourth-order valence-corrected chi connectivity index (χ4v) is 10.3. The second-order valence-electron chi connectivity index (χ2n) is 9.28. The van der Waals surface area contributed by atoms with E-state index < -0.39 is 5.97 Å². The van der Waals surface area contributed by atoms with Crippen molar-refractivity contribution in [2.75, 3.05) is 6.54 Å². The van der Waals surface area contributed by atoms with Gasteiger partial charge in [0.25, 0.3) is 0 Å². The fourth-order valence-electron chi connectivity index (χ4n) is 6.45. The average Bonchev–Trinajstić information content (AvgIpc) is 3.52. The molecule has 2 saturated carbocycles. The summed E-state index contributed by atoms with van der Waals surface area (Å²) >= 11 is 4.62. The summed E-state index contributed by atoms with van der Waals surface area (Å²) in [6.45, 7) is 3.19. The molecule has 2 aromatic rings. The number of esters is 1. The molecule has 10 heteroatoms. The largest absolute Gasteiger partial charge is 0.462 e. The van der Waals surface area contributed by atoms with Crippen LogP contribution in [0.5, 0.6) is 0 Å². The highest BCUT2D eigenvalue weighted by molar-refractivity contribution is 8.00. The van der Waals surface area contributed by atoms with Crippen LogP contribution in [0.4, 0.5) is 0 Å². The maximum absolute atomic E-state index is 13.4. The molecule has 168 valence electrons. The van der Waals surface area contributed by atoms with Crippen molar-refractivity contribution < 1.29 is 19.1 Å². The van der Waals surface area contributed by atoms with Crippen LogP contribution in [0.15, 0.2) is 27.3 Å². The first-order valence-corrected chi connectivity index (χ1v) is 13.4. The Kier molecular flexibility index (Phi) is 4.71. The standard InChI is InChI=1S/C22H22N2O5S3/c1-8(2)29-12(25)7-24-20(26)14-9-6-10(15(14)21(24)27)17-13(9)16(11-4-3-5-30-11)18-19(31-17)23-22(28)32-18/h3-5,8-10,13-17H,6-7H2,1-2H3,(H,23,28)/t9-,10+,13+,14+,15+,16+,17-/m1/s1. The molecule has 2 bridgehead atoms. The van der Waals surface area contributed by atoms with E-state index in [1.165, 1.54) is 16.2 Å². The van der Waals surface area contributed by atoms with Crippen LogP contribution in [-0.2, 0) is 19.1 Å². The predicted octanol–water partition coefficient (Wildman–Crippen LogP) is 2.92. The van der Waals surface area contributed by atoms with Gasteiger partial charge in [0.1, 0.15) is 6.54 Å². The van der Waals surface area contributed by atoms with E-state index in [0.717, 1.165) is 21.2 Å². The number of carbonyl (C=O) groups is 3. The number of H-pyrrole nitrogens is 1. The van der Waals surface area contributed by atoms with Gasteiger partial charge in [-0.2, -0.15) is 0 Å². The number of thioether (sulfide) groups is 1. The van der Waals surface area contributed by atoms with Crippen molar-refractivity contribution in [2.24, 2.45) is 29.6 Å². The first-order chi connectivity index (χ1) is 15.3. The Bertz CT molecular complexity index is 1170. The molecule has 4 heterocycles. The third kappa shape index (κ3) is 2.85. The Morgan fingerprint density at radius 3 is 2.66 bits per heavy atom. The van der Waals surface area contributed by atoms with Crippen molar-refractivity contribution >= 4 is 52.2 Å². The molecule has 6 rings (SSSR count). The summed E-state index contributed by atoms with van der Waals surface area (Å²) in [5.74, 6) is -1.34. The molecule has 1 saturated heterocycles. The molecule has 0 unspecified atom stereocenters. The SMILES string of the molecule is CC(C)OC(=O)CN1C(=O)[C@H]2[C@@H]3C[C@@H]([C@@H]2C1=O)[C@H]1[C@H](c2cccs2)c2sc(=O)[nH]c2S[C@H]31. The third-order valence-electron chi connectivity index (χ3n) is 7.32. The Labute approximate surface area is 196 Å². The van der Waals surface area contributed by atoms with Crippen molar-refractivity contribution in [1.82, 2.24) is 9.88 Å². The van der Waals surface area contributed by atoms with Crippen LogP contribution in [0.2, 0.25) is 0 Å². The minimum Gasteiger partial charge on any atom is -0.462 e.